The van der Waals surface area contributed by atoms with Crippen LogP contribution in [-0.4, -0.2) is 53.2 Å². The van der Waals surface area contributed by atoms with Gasteiger partial charge in [0, 0.05) is 37.6 Å². The highest BCUT2D eigenvalue weighted by molar-refractivity contribution is 8.16. The molecular weight excluding hydrogens is 348 g/mol. The number of thioether (sulfide) groups is 1. The Balaban J connectivity index is 1.28. The number of pyridine rings is 1. The van der Waals surface area contributed by atoms with Crippen LogP contribution in [0, 0.1) is 11.3 Å². The Bertz CT molecular complexity index is 806. The SMILES string of the molecule is N#Cc1cccnc1N1CCC(NC(=O)CC2=CSC3=NCCN23)CC1. The molecule has 0 aromatic carbocycles. The molecule has 0 unspecified atom stereocenters. The molecule has 1 N–H and O–H groups in total. The summed E-state index contributed by atoms with van der Waals surface area (Å²) in [5.74, 6) is 0.813. The average Bonchev–Trinajstić information content (AvgIpc) is 3.27. The minimum atomic E-state index is 0.0685. The van der Waals surface area contributed by atoms with Crippen molar-refractivity contribution in [1.29, 1.82) is 5.26 Å². The number of rotatable bonds is 4. The molecule has 4 rings (SSSR count). The van der Waals surface area contributed by atoms with Crippen LogP contribution in [0.15, 0.2) is 34.4 Å². The van der Waals surface area contributed by atoms with Crippen LogP contribution in [0.3, 0.4) is 0 Å². The first-order valence-electron chi connectivity index (χ1n) is 8.81. The molecular formula is C18H20N6OS. The van der Waals surface area contributed by atoms with Gasteiger partial charge < -0.3 is 15.1 Å². The van der Waals surface area contributed by atoms with Gasteiger partial charge in [0.2, 0.25) is 5.91 Å². The Morgan fingerprint density at radius 3 is 3.04 bits per heavy atom. The monoisotopic (exact) mass is 368 g/mol. The minimum absolute atomic E-state index is 0.0685. The molecule has 134 valence electrons. The second-order valence-corrected chi connectivity index (χ2v) is 7.37. The lowest BCUT2D eigenvalue weighted by molar-refractivity contribution is -0.121. The van der Waals surface area contributed by atoms with Gasteiger partial charge in [0.1, 0.15) is 11.9 Å². The molecule has 26 heavy (non-hydrogen) atoms. The maximum absolute atomic E-state index is 12.4. The number of aliphatic imine (C=N–C) groups is 1. The summed E-state index contributed by atoms with van der Waals surface area (Å²) in [5, 5.41) is 15.4. The van der Waals surface area contributed by atoms with E-state index in [4.69, 9.17) is 0 Å². The molecule has 1 aromatic heterocycles. The van der Waals surface area contributed by atoms with Gasteiger partial charge in [-0.2, -0.15) is 5.26 Å². The fourth-order valence-corrected chi connectivity index (χ4v) is 4.48. The Morgan fingerprint density at radius 2 is 2.23 bits per heavy atom. The Kier molecular flexibility index (Phi) is 4.80. The average molecular weight is 368 g/mol. The van der Waals surface area contributed by atoms with Crippen LogP contribution < -0.4 is 10.2 Å². The van der Waals surface area contributed by atoms with Gasteiger partial charge in [0.25, 0.3) is 0 Å². The molecule has 4 heterocycles. The van der Waals surface area contributed by atoms with Crippen molar-refractivity contribution in [3.63, 3.8) is 0 Å². The zero-order chi connectivity index (χ0) is 17.9. The molecule has 7 nitrogen and oxygen atoms in total. The number of nitrogens with zero attached hydrogens (tertiary/aromatic N) is 5. The maximum atomic E-state index is 12.4. The Labute approximate surface area is 156 Å². The van der Waals surface area contributed by atoms with Gasteiger partial charge in [-0.15, -0.1) is 0 Å². The standard InChI is InChI=1S/C18H20N6OS/c19-11-13-2-1-5-20-17(13)23-7-3-14(4-8-23)22-16(25)10-15-12-26-18-21-6-9-24(15)18/h1-2,5,12,14H,3-4,6-10H2,(H,22,25). The van der Waals surface area contributed by atoms with Gasteiger partial charge in [-0.25, -0.2) is 4.98 Å². The predicted molar refractivity (Wildman–Crippen MR) is 102 cm³/mol. The van der Waals surface area contributed by atoms with Crippen LogP contribution in [0.25, 0.3) is 0 Å². The van der Waals surface area contributed by atoms with Gasteiger partial charge >= 0.3 is 0 Å². The first-order chi connectivity index (χ1) is 12.7. The van der Waals surface area contributed by atoms with Crippen LogP contribution in [0.4, 0.5) is 5.82 Å². The fraction of sp³-hybridized carbons (Fsp3) is 0.444. The highest BCUT2D eigenvalue weighted by atomic mass is 32.2. The van der Waals surface area contributed by atoms with Crippen LogP contribution >= 0.6 is 11.8 Å². The summed E-state index contributed by atoms with van der Waals surface area (Å²) >= 11 is 1.60. The Hall–Kier alpha value is -2.53. The predicted octanol–water partition coefficient (Wildman–Crippen LogP) is 1.69. The van der Waals surface area contributed by atoms with Crippen molar-refractivity contribution < 1.29 is 4.79 Å². The molecule has 1 aromatic rings. The van der Waals surface area contributed by atoms with Crippen LogP contribution in [0.5, 0.6) is 0 Å². The molecule has 0 aliphatic carbocycles. The minimum Gasteiger partial charge on any atom is -0.355 e. The molecule has 3 aliphatic rings. The van der Waals surface area contributed by atoms with Crippen molar-refractivity contribution in [3.05, 3.63) is 35.0 Å². The number of aromatic nitrogens is 1. The smallest absolute Gasteiger partial charge is 0.226 e. The van der Waals surface area contributed by atoms with Crippen molar-refractivity contribution in [1.82, 2.24) is 15.2 Å². The zero-order valence-corrected chi connectivity index (χ0v) is 15.2. The lowest BCUT2D eigenvalue weighted by Crippen LogP contribution is -2.45. The molecule has 0 atom stereocenters. The molecule has 1 saturated heterocycles. The number of nitrogens with one attached hydrogen (secondary N) is 1. The number of piperidine rings is 1. The second-order valence-electron chi connectivity index (χ2n) is 6.53. The van der Waals surface area contributed by atoms with E-state index in [1.807, 2.05) is 5.41 Å². The van der Waals surface area contributed by atoms with Crippen molar-refractivity contribution in [3.8, 4) is 6.07 Å². The zero-order valence-electron chi connectivity index (χ0n) is 14.4. The number of hydrogen-bond donors (Lipinski definition) is 1. The van der Waals surface area contributed by atoms with E-state index in [0.717, 1.165) is 55.7 Å². The highest BCUT2D eigenvalue weighted by Crippen LogP contribution is 2.30. The Morgan fingerprint density at radius 1 is 1.38 bits per heavy atom. The van der Waals surface area contributed by atoms with Crippen LogP contribution in [-0.2, 0) is 4.79 Å². The molecule has 0 spiro atoms. The summed E-state index contributed by atoms with van der Waals surface area (Å²) in [6.07, 6.45) is 3.84. The third kappa shape index (κ3) is 3.40. The normalized spacial score (nSPS) is 19.7. The first-order valence-corrected chi connectivity index (χ1v) is 9.69. The van der Waals surface area contributed by atoms with Crippen molar-refractivity contribution >= 4 is 28.7 Å². The number of hydrogen-bond acceptors (Lipinski definition) is 7. The summed E-state index contributed by atoms with van der Waals surface area (Å²) in [5.41, 5.74) is 1.65. The van der Waals surface area contributed by atoms with Gasteiger partial charge in [-0.1, -0.05) is 11.8 Å². The quantitative estimate of drug-likeness (QED) is 0.871. The number of carbonyl (C=O) groups excluding carboxylic acids is 1. The van der Waals surface area contributed by atoms with Crippen molar-refractivity contribution in [2.24, 2.45) is 4.99 Å². The number of nitriles is 1. The molecule has 8 heteroatoms. The number of fused-ring (bicyclic) bond motifs is 1. The van der Waals surface area contributed by atoms with Gasteiger partial charge in [0.05, 0.1) is 18.5 Å². The van der Waals surface area contributed by atoms with E-state index in [-0.39, 0.29) is 11.9 Å². The summed E-state index contributed by atoms with van der Waals surface area (Å²) < 4.78 is 0. The van der Waals surface area contributed by atoms with E-state index < -0.39 is 0 Å². The maximum Gasteiger partial charge on any atom is 0.226 e. The lowest BCUT2D eigenvalue weighted by atomic mass is 10.0. The molecule has 0 radical (unpaired) electrons. The summed E-state index contributed by atoms with van der Waals surface area (Å²) in [6.45, 7) is 3.28. The number of carbonyl (C=O) groups is 1. The third-order valence-electron chi connectivity index (χ3n) is 4.86. The lowest BCUT2D eigenvalue weighted by Gasteiger charge is -2.33. The van der Waals surface area contributed by atoms with Crippen LogP contribution in [0.1, 0.15) is 24.8 Å². The van der Waals surface area contributed by atoms with Crippen molar-refractivity contribution in [2.45, 2.75) is 25.3 Å². The summed E-state index contributed by atoms with van der Waals surface area (Å²) in [6, 6.07) is 5.94. The molecule has 1 fully saturated rings. The van der Waals surface area contributed by atoms with E-state index in [1.54, 1.807) is 30.1 Å². The van der Waals surface area contributed by atoms with E-state index in [2.05, 4.69) is 31.2 Å². The molecule has 0 bridgehead atoms. The van der Waals surface area contributed by atoms with Gasteiger partial charge in [-0.05, 0) is 30.4 Å². The van der Waals surface area contributed by atoms with E-state index in [0.29, 0.717) is 12.0 Å². The molecule has 1 amide bonds. The molecule has 3 aliphatic heterocycles. The number of amidine groups is 1. The van der Waals surface area contributed by atoms with Crippen molar-refractivity contribution in [2.75, 3.05) is 31.1 Å². The third-order valence-corrected chi connectivity index (χ3v) is 5.81. The number of anilines is 1. The van der Waals surface area contributed by atoms with Gasteiger partial charge in [-0.3, -0.25) is 9.79 Å². The number of amides is 1. The second kappa shape index (κ2) is 7.38. The van der Waals surface area contributed by atoms with E-state index in [9.17, 15) is 10.1 Å². The van der Waals surface area contributed by atoms with E-state index >= 15 is 0 Å². The largest absolute Gasteiger partial charge is 0.355 e. The van der Waals surface area contributed by atoms with E-state index in [1.165, 1.54) is 0 Å². The molecule has 0 saturated carbocycles. The van der Waals surface area contributed by atoms with Gasteiger partial charge in [0.15, 0.2) is 5.17 Å². The topological polar surface area (TPSA) is 84.6 Å². The van der Waals surface area contributed by atoms with Crippen LogP contribution in [0.2, 0.25) is 0 Å². The fourth-order valence-electron chi connectivity index (χ4n) is 3.53. The first kappa shape index (κ1) is 16.9. The summed E-state index contributed by atoms with van der Waals surface area (Å²) in [7, 11) is 0. The summed E-state index contributed by atoms with van der Waals surface area (Å²) in [4.78, 5) is 25.4. The highest BCUT2D eigenvalue weighted by Gasteiger charge is 2.28.